The third-order valence-electron chi connectivity index (χ3n) is 2.01. The van der Waals surface area contributed by atoms with Gasteiger partial charge in [0.15, 0.2) is 5.78 Å². The van der Waals surface area contributed by atoms with Crippen LogP contribution in [0.15, 0.2) is 22.7 Å². The van der Waals surface area contributed by atoms with Crippen LogP contribution in [0.1, 0.15) is 22.3 Å². The molecule has 0 radical (unpaired) electrons. The van der Waals surface area contributed by atoms with Crippen molar-refractivity contribution in [1.29, 1.82) is 0 Å². The van der Waals surface area contributed by atoms with Crippen LogP contribution in [0.4, 0.5) is 0 Å². The molecular formula is C11H10BrClO3. The molecule has 0 atom stereocenters. The van der Waals surface area contributed by atoms with Gasteiger partial charge in [0.05, 0.1) is 6.42 Å². The van der Waals surface area contributed by atoms with Crippen LogP contribution in [-0.2, 0) is 11.2 Å². The van der Waals surface area contributed by atoms with E-state index in [1.807, 2.05) is 0 Å². The van der Waals surface area contributed by atoms with E-state index in [4.69, 9.17) is 16.7 Å². The van der Waals surface area contributed by atoms with Gasteiger partial charge in [0.25, 0.3) is 0 Å². The average Bonchev–Trinajstić information content (AvgIpc) is 2.20. The number of rotatable bonds is 5. The maximum atomic E-state index is 11.6. The minimum absolute atomic E-state index is 0.0888. The fraction of sp³-hybridized carbons (Fsp3) is 0.273. The highest BCUT2D eigenvalue weighted by Gasteiger charge is 2.11. The average molecular weight is 306 g/mol. The predicted molar refractivity (Wildman–Crippen MR) is 65.1 cm³/mol. The minimum atomic E-state index is -0.918. The maximum Gasteiger partial charge on any atom is 0.307 e. The van der Waals surface area contributed by atoms with Crippen molar-refractivity contribution in [2.75, 3.05) is 5.88 Å². The van der Waals surface area contributed by atoms with E-state index in [1.165, 1.54) is 0 Å². The molecule has 5 heteroatoms. The second-order valence-corrected chi connectivity index (χ2v) is 4.48. The molecule has 1 aromatic rings. The second kappa shape index (κ2) is 6.01. The van der Waals surface area contributed by atoms with Crippen LogP contribution in [0, 0.1) is 0 Å². The van der Waals surface area contributed by atoms with Crippen molar-refractivity contribution in [3.8, 4) is 0 Å². The summed E-state index contributed by atoms with van der Waals surface area (Å²) >= 11 is 8.75. The van der Waals surface area contributed by atoms with Gasteiger partial charge in [-0.15, -0.1) is 11.6 Å². The summed E-state index contributed by atoms with van der Waals surface area (Å²) in [5, 5.41) is 8.65. The Balaban J connectivity index is 2.98. The van der Waals surface area contributed by atoms with Crippen LogP contribution in [0.5, 0.6) is 0 Å². The zero-order valence-electron chi connectivity index (χ0n) is 8.37. The van der Waals surface area contributed by atoms with E-state index in [0.717, 1.165) is 0 Å². The lowest BCUT2D eigenvalue weighted by Crippen LogP contribution is -2.05. The number of carboxylic acid groups (broad SMARTS) is 1. The Morgan fingerprint density at radius 2 is 2.06 bits per heavy atom. The van der Waals surface area contributed by atoms with Crippen LogP contribution in [-0.4, -0.2) is 22.7 Å². The van der Waals surface area contributed by atoms with Gasteiger partial charge in [-0.25, -0.2) is 0 Å². The Hall–Kier alpha value is -0.870. The maximum absolute atomic E-state index is 11.6. The van der Waals surface area contributed by atoms with Gasteiger partial charge in [0.1, 0.15) is 0 Å². The van der Waals surface area contributed by atoms with E-state index < -0.39 is 5.97 Å². The molecule has 0 aliphatic heterocycles. The summed E-state index contributed by atoms with van der Waals surface area (Å²) in [5.41, 5.74) is 1.09. The molecule has 3 nitrogen and oxygen atoms in total. The molecule has 1 aromatic carbocycles. The lowest BCUT2D eigenvalue weighted by Gasteiger charge is -2.05. The largest absolute Gasteiger partial charge is 0.481 e. The van der Waals surface area contributed by atoms with Crippen LogP contribution in [0.3, 0.4) is 0 Å². The molecule has 0 amide bonds. The molecular weight excluding hydrogens is 295 g/mol. The van der Waals surface area contributed by atoms with E-state index >= 15 is 0 Å². The zero-order valence-corrected chi connectivity index (χ0v) is 10.7. The normalized spacial score (nSPS) is 10.1. The molecule has 0 aliphatic carbocycles. The number of halogens is 2. The standard InChI is InChI=1S/C11H10BrClO3/c12-9-2-1-7(6-11(15)16)5-8(9)10(14)3-4-13/h1-2,5H,3-4,6H2,(H,15,16). The van der Waals surface area contributed by atoms with Crippen molar-refractivity contribution >= 4 is 39.3 Å². The quantitative estimate of drug-likeness (QED) is 0.672. The summed E-state index contributed by atoms with van der Waals surface area (Å²) in [5.74, 6) is -0.749. The van der Waals surface area contributed by atoms with Gasteiger partial charge in [-0.05, 0) is 17.7 Å². The van der Waals surface area contributed by atoms with Gasteiger partial charge in [0, 0.05) is 22.3 Å². The van der Waals surface area contributed by atoms with E-state index in [-0.39, 0.29) is 24.5 Å². The van der Waals surface area contributed by atoms with E-state index in [0.29, 0.717) is 15.6 Å². The van der Waals surface area contributed by atoms with Crippen molar-refractivity contribution in [2.24, 2.45) is 0 Å². The van der Waals surface area contributed by atoms with Crippen LogP contribution in [0.2, 0.25) is 0 Å². The summed E-state index contributed by atoms with van der Waals surface area (Å²) in [6, 6.07) is 4.95. The van der Waals surface area contributed by atoms with Gasteiger partial charge in [-0.2, -0.15) is 0 Å². The van der Waals surface area contributed by atoms with Crippen molar-refractivity contribution in [3.05, 3.63) is 33.8 Å². The number of carbonyl (C=O) groups is 2. The van der Waals surface area contributed by atoms with Gasteiger partial charge in [-0.1, -0.05) is 22.0 Å². The predicted octanol–water partition coefficient (Wildman–Crippen LogP) is 2.89. The highest BCUT2D eigenvalue weighted by Crippen LogP contribution is 2.20. The van der Waals surface area contributed by atoms with Gasteiger partial charge < -0.3 is 5.11 Å². The van der Waals surface area contributed by atoms with Crippen LogP contribution in [0.25, 0.3) is 0 Å². The molecule has 0 saturated carbocycles. The van der Waals surface area contributed by atoms with Crippen molar-refractivity contribution in [3.63, 3.8) is 0 Å². The summed E-state index contributed by atoms with van der Waals surface area (Å²) < 4.78 is 0.664. The van der Waals surface area contributed by atoms with Crippen LogP contribution >= 0.6 is 27.5 Å². The van der Waals surface area contributed by atoms with Crippen LogP contribution < -0.4 is 0 Å². The first-order valence-electron chi connectivity index (χ1n) is 4.64. The third kappa shape index (κ3) is 3.61. The minimum Gasteiger partial charge on any atom is -0.481 e. The zero-order chi connectivity index (χ0) is 12.1. The number of benzene rings is 1. The number of hydrogen-bond acceptors (Lipinski definition) is 2. The van der Waals surface area contributed by atoms with Crippen molar-refractivity contribution < 1.29 is 14.7 Å². The molecule has 16 heavy (non-hydrogen) atoms. The molecule has 0 unspecified atom stereocenters. The summed E-state index contributed by atoms with van der Waals surface area (Å²) in [7, 11) is 0. The third-order valence-corrected chi connectivity index (χ3v) is 2.89. The van der Waals surface area contributed by atoms with E-state index in [1.54, 1.807) is 18.2 Å². The first-order chi connectivity index (χ1) is 7.54. The Bertz CT molecular complexity index is 418. The fourth-order valence-electron chi connectivity index (χ4n) is 1.29. The number of carboxylic acids is 1. The molecule has 86 valence electrons. The molecule has 0 fully saturated rings. The Kier molecular flexibility index (Phi) is 4.96. The lowest BCUT2D eigenvalue weighted by atomic mass is 10.0. The van der Waals surface area contributed by atoms with Gasteiger partial charge in [-0.3, -0.25) is 9.59 Å². The molecule has 0 heterocycles. The molecule has 0 bridgehead atoms. The van der Waals surface area contributed by atoms with E-state index in [2.05, 4.69) is 15.9 Å². The number of hydrogen-bond donors (Lipinski definition) is 1. The summed E-state index contributed by atoms with van der Waals surface area (Å²) in [4.78, 5) is 22.2. The number of alkyl halides is 1. The topological polar surface area (TPSA) is 54.4 Å². The van der Waals surface area contributed by atoms with Crippen molar-refractivity contribution in [1.82, 2.24) is 0 Å². The molecule has 0 aliphatic rings. The number of ketones is 1. The highest BCUT2D eigenvalue weighted by molar-refractivity contribution is 9.10. The Morgan fingerprint density at radius 1 is 1.38 bits per heavy atom. The second-order valence-electron chi connectivity index (χ2n) is 3.25. The molecule has 1 rings (SSSR count). The van der Waals surface area contributed by atoms with E-state index in [9.17, 15) is 9.59 Å². The highest BCUT2D eigenvalue weighted by atomic mass is 79.9. The van der Waals surface area contributed by atoms with Gasteiger partial charge >= 0.3 is 5.97 Å². The molecule has 0 aromatic heterocycles. The fourth-order valence-corrected chi connectivity index (χ4v) is 1.93. The monoisotopic (exact) mass is 304 g/mol. The summed E-state index contributed by atoms with van der Waals surface area (Å²) in [6.45, 7) is 0. The first kappa shape index (κ1) is 13.2. The smallest absolute Gasteiger partial charge is 0.307 e. The molecule has 0 saturated heterocycles. The SMILES string of the molecule is O=C(O)Cc1ccc(Br)c(C(=O)CCCl)c1. The Labute approximate surface area is 107 Å². The Morgan fingerprint density at radius 3 is 2.62 bits per heavy atom. The number of aliphatic carboxylic acids is 1. The molecule has 1 N–H and O–H groups in total. The molecule has 0 spiro atoms. The number of carbonyl (C=O) groups excluding carboxylic acids is 1. The lowest BCUT2D eigenvalue weighted by molar-refractivity contribution is -0.136. The summed E-state index contributed by atoms with van der Waals surface area (Å²) in [6.07, 6.45) is 0.158. The first-order valence-corrected chi connectivity index (χ1v) is 5.96. The number of Topliss-reactive ketones (excluding diaryl/α,β-unsaturated/α-hetero) is 1. The van der Waals surface area contributed by atoms with Gasteiger partial charge in [0.2, 0.25) is 0 Å². The van der Waals surface area contributed by atoms with Crippen molar-refractivity contribution in [2.45, 2.75) is 12.8 Å².